The number of nitrogens with zero attached hydrogens (tertiary/aromatic N) is 3. The van der Waals surface area contributed by atoms with Crippen LogP contribution in [0.1, 0.15) is 12.0 Å². The minimum Gasteiger partial charge on any atom is -0.379 e. The summed E-state index contributed by atoms with van der Waals surface area (Å²) < 4.78 is 5.33. The van der Waals surface area contributed by atoms with E-state index in [1.165, 1.54) is 11.1 Å². The number of morpholine rings is 1. The van der Waals surface area contributed by atoms with Gasteiger partial charge in [0.15, 0.2) is 11.0 Å². The van der Waals surface area contributed by atoms with Crippen molar-refractivity contribution in [3.8, 4) is 0 Å². The first kappa shape index (κ1) is 19.6. The smallest absolute Gasteiger partial charge is 0.251 e. The maximum atomic E-state index is 12.9. The summed E-state index contributed by atoms with van der Waals surface area (Å²) in [4.78, 5) is 33.1. The van der Waals surface area contributed by atoms with Gasteiger partial charge in [0.1, 0.15) is 0 Å². The van der Waals surface area contributed by atoms with Crippen molar-refractivity contribution < 1.29 is 14.3 Å². The first-order valence-electron chi connectivity index (χ1n) is 9.12. The highest BCUT2D eigenvalue weighted by Gasteiger charge is 2.38. The summed E-state index contributed by atoms with van der Waals surface area (Å²) in [5.41, 5.74) is 1.59. The topological polar surface area (TPSA) is 74.2 Å². The zero-order valence-corrected chi connectivity index (χ0v) is 16.2. The number of hydrogen-bond acceptors (Lipinski definition) is 6. The molecule has 1 aromatic carbocycles. The second-order valence-electron chi connectivity index (χ2n) is 6.60. The van der Waals surface area contributed by atoms with Crippen molar-refractivity contribution in [3.63, 3.8) is 0 Å². The molecule has 2 amide bonds. The summed E-state index contributed by atoms with van der Waals surface area (Å²) in [5.74, 6) is -1.75. The highest BCUT2D eigenvalue weighted by atomic mass is 32.1. The van der Waals surface area contributed by atoms with E-state index in [1.807, 2.05) is 31.2 Å². The lowest BCUT2D eigenvalue weighted by molar-refractivity contribution is -0.130. The van der Waals surface area contributed by atoms with Gasteiger partial charge in [0.25, 0.3) is 5.91 Å². The molecule has 3 rings (SSSR count). The Morgan fingerprint density at radius 2 is 2.04 bits per heavy atom. The van der Waals surface area contributed by atoms with Crippen molar-refractivity contribution in [3.05, 3.63) is 29.8 Å². The third kappa shape index (κ3) is 4.77. The zero-order valence-electron chi connectivity index (χ0n) is 15.4. The van der Waals surface area contributed by atoms with Gasteiger partial charge in [-0.1, -0.05) is 18.2 Å². The molecule has 1 atom stereocenters. The summed E-state index contributed by atoms with van der Waals surface area (Å²) in [7, 11) is 0. The van der Waals surface area contributed by atoms with Gasteiger partial charge in [-0.25, -0.2) is 0 Å². The van der Waals surface area contributed by atoms with Crippen molar-refractivity contribution >= 4 is 41.0 Å². The molecule has 1 aromatic rings. The van der Waals surface area contributed by atoms with Crippen molar-refractivity contribution in [2.24, 2.45) is 10.9 Å². The van der Waals surface area contributed by atoms with Crippen LogP contribution in [0.5, 0.6) is 0 Å². The van der Waals surface area contributed by atoms with E-state index in [1.54, 1.807) is 0 Å². The molecule has 0 radical (unpaired) electrons. The highest BCUT2D eigenvalue weighted by Crippen LogP contribution is 2.23. The van der Waals surface area contributed by atoms with Gasteiger partial charge < -0.3 is 10.1 Å². The van der Waals surface area contributed by atoms with Crippen LogP contribution in [0.15, 0.2) is 29.3 Å². The lowest BCUT2D eigenvalue weighted by Crippen LogP contribution is -2.58. The Kier molecular flexibility index (Phi) is 6.65. The van der Waals surface area contributed by atoms with Crippen molar-refractivity contribution in [1.29, 1.82) is 0 Å². The Hall–Kier alpha value is -2.16. The van der Waals surface area contributed by atoms with Gasteiger partial charge in [-0.3, -0.25) is 24.4 Å². The lowest BCUT2D eigenvalue weighted by Gasteiger charge is -2.31. The molecule has 0 unspecified atom stereocenters. The first-order chi connectivity index (χ1) is 13.1. The van der Waals surface area contributed by atoms with Crippen molar-refractivity contribution in [1.82, 2.24) is 10.2 Å². The number of thiocarbonyl (C=S) groups is 1. The monoisotopic (exact) mass is 388 g/mol. The number of rotatable bonds is 6. The van der Waals surface area contributed by atoms with E-state index in [0.29, 0.717) is 12.2 Å². The van der Waals surface area contributed by atoms with E-state index in [4.69, 9.17) is 17.0 Å². The SMILES string of the molecule is Cc1ccccc1N1C(=O)[C@H](C=NCCCN2CCOCC2)C(=O)NC1=S. The average molecular weight is 388 g/mol. The van der Waals surface area contributed by atoms with Crippen LogP contribution in [0.4, 0.5) is 5.69 Å². The molecule has 1 N–H and O–H groups in total. The normalized spacial score (nSPS) is 21.7. The third-order valence-corrected chi connectivity index (χ3v) is 4.96. The fourth-order valence-corrected chi connectivity index (χ4v) is 3.44. The average Bonchev–Trinajstić information content (AvgIpc) is 2.66. The van der Waals surface area contributed by atoms with Gasteiger partial charge >= 0.3 is 0 Å². The second-order valence-corrected chi connectivity index (χ2v) is 6.98. The van der Waals surface area contributed by atoms with Gasteiger partial charge in [-0.2, -0.15) is 0 Å². The van der Waals surface area contributed by atoms with Gasteiger partial charge in [-0.05, 0) is 37.2 Å². The van der Waals surface area contributed by atoms with Crippen LogP contribution in [-0.2, 0) is 14.3 Å². The van der Waals surface area contributed by atoms with Crippen molar-refractivity contribution in [2.45, 2.75) is 13.3 Å². The van der Waals surface area contributed by atoms with Gasteiger partial charge in [-0.15, -0.1) is 0 Å². The Labute approximate surface area is 164 Å². The van der Waals surface area contributed by atoms with Crippen LogP contribution in [0.25, 0.3) is 0 Å². The van der Waals surface area contributed by atoms with Gasteiger partial charge in [0.2, 0.25) is 5.91 Å². The van der Waals surface area contributed by atoms with Gasteiger partial charge in [0, 0.05) is 32.4 Å². The van der Waals surface area contributed by atoms with E-state index in [2.05, 4.69) is 15.2 Å². The summed E-state index contributed by atoms with van der Waals surface area (Å²) in [6.07, 6.45) is 2.32. The quantitative estimate of drug-likeness (QED) is 0.343. The number of para-hydroxylation sites is 1. The standard InChI is InChI=1S/C19H24N4O3S/c1-14-5-2-3-6-16(14)23-18(25)15(17(24)21-19(23)27)13-20-7-4-8-22-9-11-26-12-10-22/h2-3,5-6,13,15H,4,7-12H2,1H3,(H,21,24,27)/t15-/m1/s1. The summed E-state index contributed by atoms with van der Waals surface area (Å²) in [6, 6.07) is 7.44. The molecule has 2 aliphatic rings. The molecular formula is C19H24N4O3S. The molecule has 2 heterocycles. The third-order valence-electron chi connectivity index (χ3n) is 4.68. The number of ether oxygens (including phenoxy) is 1. The molecule has 0 spiro atoms. The number of amides is 2. The minimum atomic E-state index is -0.959. The maximum Gasteiger partial charge on any atom is 0.251 e. The molecule has 8 heteroatoms. The molecule has 0 saturated carbocycles. The molecule has 0 bridgehead atoms. The Morgan fingerprint density at radius 3 is 2.78 bits per heavy atom. The largest absolute Gasteiger partial charge is 0.379 e. The first-order valence-corrected chi connectivity index (χ1v) is 9.53. The molecule has 2 fully saturated rings. The van der Waals surface area contributed by atoms with E-state index < -0.39 is 11.8 Å². The number of benzene rings is 1. The highest BCUT2D eigenvalue weighted by molar-refractivity contribution is 7.80. The van der Waals surface area contributed by atoms with E-state index in [9.17, 15) is 9.59 Å². The summed E-state index contributed by atoms with van der Waals surface area (Å²) >= 11 is 5.22. The van der Waals surface area contributed by atoms with Crippen molar-refractivity contribution in [2.75, 3.05) is 44.3 Å². The predicted octanol–water partition coefficient (Wildman–Crippen LogP) is 1.15. The number of nitrogens with one attached hydrogen (secondary N) is 1. The number of aryl methyl sites for hydroxylation is 1. The Morgan fingerprint density at radius 1 is 1.30 bits per heavy atom. The number of carbonyl (C=O) groups excluding carboxylic acids is 2. The summed E-state index contributed by atoms with van der Waals surface area (Å²) in [5, 5.41) is 2.72. The van der Waals surface area contributed by atoms with E-state index in [0.717, 1.165) is 44.8 Å². The minimum absolute atomic E-state index is 0.108. The number of aliphatic imine (C=N–C) groups is 1. The second kappa shape index (κ2) is 9.16. The molecule has 7 nitrogen and oxygen atoms in total. The summed E-state index contributed by atoms with van der Waals surface area (Å²) in [6.45, 7) is 6.83. The zero-order chi connectivity index (χ0) is 19.2. The molecule has 27 heavy (non-hydrogen) atoms. The fraction of sp³-hybridized carbons (Fsp3) is 0.474. The van der Waals surface area contributed by atoms with Crippen LogP contribution in [0.2, 0.25) is 0 Å². The molecule has 0 aliphatic carbocycles. The van der Waals surface area contributed by atoms with Gasteiger partial charge in [0.05, 0.1) is 18.9 Å². The van der Waals surface area contributed by atoms with Crippen LogP contribution in [0, 0.1) is 12.8 Å². The Balaban J connectivity index is 1.60. The van der Waals surface area contributed by atoms with Crippen LogP contribution >= 0.6 is 12.2 Å². The van der Waals surface area contributed by atoms with Crippen LogP contribution < -0.4 is 10.2 Å². The number of carbonyl (C=O) groups is 2. The van der Waals surface area contributed by atoms with Crippen LogP contribution in [0.3, 0.4) is 0 Å². The Bertz CT molecular complexity index is 746. The fourth-order valence-electron chi connectivity index (χ4n) is 3.15. The van der Waals surface area contributed by atoms with E-state index in [-0.39, 0.29) is 11.0 Å². The molecule has 2 aliphatic heterocycles. The molecule has 144 valence electrons. The van der Waals surface area contributed by atoms with Crippen LogP contribution in [-0.4, -0.2) is 67.4 Å². The predicted molar refractivity (Wildman–Crippen MR) is 108 cm³/mol. The van der Waals surface area contributed by atoms with E-state index >= 15 is 0 Å². The number of anilines is 1. The molecular weight excluding hydrogens is 364 g/mol. The lowest BCUT2D eigenvalue weighted by atomic mass is 10.0. The maximum absolute atomic E-state index is 12.9. The molecule has 2 saturated heterocycles. The molecule has 0 aromatic heterocycles. The number of hydrogen-bond donors (Lipinski definition) is 1.